The fraction of sp³-hybridized carbons (Fsp3) is 0.211. The summed E-state index contributed by atoms with van der Waals surface area (Å²) in [5, 5.41) is 10.1. The van der Waals surface area contributed by atoms with E-state index in [2.05, 4.69) is 0 Å². The largest absolute Gasteiger partial charge is 0.508 e. The predicted octanol–water partition coefficient (Wildman–Crippen LogP) is 4.46. The van der Waals surface area contributed by atoms with Crippen LogP contribution in [0.3, 0.4) is 0 Å². The van der Waals surface area contributed by atoms with Gasteiger partial charge in [0, 0.05) is 11.1 Å². The maximum Gasteiger partial charge on any atom is 0.197 e. The van der Waals surface area contributed by atoms with Crippen molar-refractivity contribution in [2.45, 2.75) is 26.2 Å². The fourth-order valence-electron chi connectivity index (χ4n) is 2.64. The first-order chi connectivity index (χ1) is 10.4. The van der Waals surface area contributed by atoms with E-state index in [9.17, 15) is 9.90 Å². The average Bonchev–Trinajstić information content (AvgIpc) is 2.46. The second-order valence-corrected chi connectivity index (χ2v) is 6.43. The van der Waals surface area contributed by atoms with E-state index in [4.69, 9.17) is 4.42 Å². The van der Waals surface area contributed by atoms with Crippen molar-refractivity contribution in [3.8, 4) is 17.1 Å². The quantitative estimate of drug-likeness (QED) is 0.720. The Kier molecular flexibility index (Phi) is 3.28. The van der Waals surface area contributed by atoms with E-state index < -0.39 is 0 Å². The molecule has 0 aliphatic rings. The Morgan fingerprint density at radius 1 is 0.955 bits per heavy atom. The van der Waals surface area contributed by atoms with Gasteiger partial charge in [0.15, 0.2) is 5.43 Å². The number of para-hydroxylation sites is 1. The van der Waals surface area contributed by atoms with Gasteiger partial charge in [-0.2, -0.15) is 0 Å². The Bertz CT molecular complexity index is 881. The lowest BCUT2D eigenvalue weighted by atomic mass is 9.84. The predicted molar refractivity (Wildman–Crippen MR) is 88.3 cm³/mol. The summed E-state index contributed by atoms with van der Waals surface area (Å²) < 4.78 is 6.04. The first-order valence-electron chi connectivity index (χ1n) is 7.23. The normalized spacial score (nSPS) is 11.8. The second kappa shape index (κ2) is 5.02. The molecule has 0 radical (unpaired) electrons. The number of rotatable bonds is 1. The third kappa shape index (κ3) is 2.39. The van der Waals surface area contributed by atoms with Crippen molar-refractivity contribution in [1.82, 2.24) is 0 Å². The van der Waals surface area contributed by atoms with Gasteiger partial charge in [0.25, 0.3) is 0 Å². The molecule has 0 aliphatic carbocycles. The highest BCUT2D eigenvalue weighted by atomic mass is 16.3. The molecule has 0 aliphatic heterocycles. The zero-order valence-corrected chi connectivity index (χ0v) is 12.9. The molecule has 3 heteroatoms. The first-order valence-corrected chi connectivity index (χ1v) is 7.23. The van der Waals surface area contributed by atoms with E-state index in [0.29, 0.717) is 22.3 Å². The van der Waals surface area contributed by atoms with Crippen molar-refractivity contribution in [2.24, 2.45) is 0 Å². The van der Waals surface area contributed by atoms with Crippen LogP contribution >= 0.6 is 0 Å². The zero-order chi connectivity index (χ0) is 15.9. The standard InChI is InChI=1S/C19H18O3/c1-19(2,3)16-17(21)14-6-4-5-7-15(14)22-18(16)12-8-10-13(20)11-9-12/h4-11,20H,1-3H3. The molecule has 0 spiro atoms. The van der Waals surface area contributed by atoms with Gasteiger partial charge in [-0.1, -0.05) is 32.9 Å². The van der Waals surface area contributed by atoms with E-state index in [0.717, 1.165) is 5.56 Å². The molecule has 0 unspecified atom stereocenters. The zero-order valence-electron chi connectivity index (χ0n) is 12.9. The monoisotopic (exact) mass is 294 g/mol. The van der Waals surface area contributed by atoms with Gasteiger partial charge in [0.2, 0.25) is 0 Å². The summed E-state index contributed by atoms with van der Waals surface area (Å²) in [4.78, 5) is 12.9. The first kappa shape index (κ1) is 14.4. The molecule has 0 saturated carbocycles. The van der Waals surface area contributed by atoms with Crippen LogP contribution in [0, 0.1) is 0 Å². The second-order valence-electron chi connectivity index (χ2n) is 6.43. The maximum atomic E-state index is 12.9. The molecule has 1 aromatic heterocycles. The van der Waals surface area contributed by atoms with E-state index in [1.807, 2.05) is 32.9 Å². The van der Waals surface area contributed by atoms with Gasteiger partial charge in [0.1, 0.15) is 17.1 Å². The molecule has 0 amide bonds. The molecule has 3 aromatic rings. The van der Waals surface area contributed by atoms with Crippen molar-refractivity contribution in [1.29, 1.82) is 0 Å². The van der Waals surface area contributed by atoms with Crippen LogP contribution in [0.5, 0.6) is 5.75 Å². The van der Waals surface area contributed by atoms with Gasteiger partial charge in [-0.25, -0.2) is 0 Å². The van der Waals surface area contributed by atoms with E-state index in [1.54, 1.807) is 36.4 Å². The Hall–Kier alpha value is -2.55. The molecule has 3 rings (SSSR count). The van der Waals surface area contributed by atoms with Crippen LogP contribution in [0.2, 0.25) is 0 Å². The Balaban J connectivity index is 2.42. The van der Waals surface area contributed by atoms with Crippen LogP contribution in [0.4, 0.5) is 0 Å². The van der Waals surface area contributed by atoms with Gasteiger partial charge in [-0.05, 0) is 41.8 Å². The van der Waals surface area contributed by atoms with Gasteiger partial charge >= 0.3 is 0 Å². The summed E-state index contributed by atoms with van der Waals surface area (Å²) in [6.07, 6.45) is 0. The van der Waals surface area contributed by atoms with Crippen molar-refractivity contribution in [3.05, 3.63) is 64.3 Å². The topological polar surface area (TPSA) is 50.4 Å². The lowest BCUT2D eigenvalue weighted by Crippen LogP contribution is -2.24. The molecular weight excluding hydrogens is 276 g/mol. The lowest BCUT2D eigenvalue weighted by molar-refractivity contribution is 0.475. The summed E-state index contributed by atoms with van der Waals surface area (Å²) in [6.45, 7) is 5.99. The summed E-state index contributed by atoms with van der Waals surface area (Å²) in [5.41, 5.74) is 1.65. The van der Waals surface area contributed by atoms with Crippen molar-refractivity contribution in [3.63, 3.8) is 0 Å². The summed E-state index contributed by atoms with van der Waals surface area (Å²) in [7, 11) is 0. The Labute approximate surface area is 128 Å². The maximum absolute atomic E-state index is 12.9. The highest BCUT2D eigenvalue weighted by Gasteiger charge is 2.26. The van der Waals surface area contributed by atoms with Crippen molar-refractivity contribution < 1.29 is 9.52 Å². The van der Waals surface area contributed by atoms with Crippen LogP contribution in [-0.4, -0.2) is 5.11 Å². The minimum absolute atomic E-state index is 0.00238. The molecule has 0 bridgehead atoms. The molecule has 3 nitrogen and oxygen atoms in total. The van der Waals surface area contributed by atoms with Crippen LogP contribution in [0.25, 0.3) is 22.3 Å². The molecule has 0 saturated heterocycles. The average molecular weight is 294 g/mol. The molecule has 22 heavy (non-hydrogen) atoms. The number of benzene rings is 2. The van der Waals surface area contributed by atoms with Crippen LogP contribution < -0.4 is 5.43 Å². The van der Waals surface area contributed by atoms with Gasteiger partial charge in [-0.15, -0.1) is 0 Å². The number of hydrogen-bond acceptors (Lipinski definition) is 3. The fourth-order valence-corrected chi connectivity index (χ4v) is 2.64. The number of aromatic hydroxyl groups is 1. The van der Waals surface area contributed by atoms with E-state index in [-0.39, 0.29) is 16.6 Å². The molecule has 2 aromatic carbocycles. The van der Waals surface area contributed by atoms with Crippen molar-refractivity contribution >= 4 is 11.0 Å². The molecule has 112 valence electrons. The number of phenolic OH excluding ortho intramolecular Hbond substituents is 1. The summed E-state index contributed by atoms with van der Waals surface area (Å²) >= 11 is 0. The van der Waals surface area contributed by atoms with E-state index >= 15 is 0 Å². The number of hydrogen-bond donors (Lipinski definition) is 1. The summed E-state index contributed by atoms with van der Waals surface area (Å²) in [6, 6.07) is 14.0. The molecule has 0 fully saturated rings. The third-order valence-electron chi connectivity index (χ3n) is 3.68. The SMILES string of the molecule is CC(C)(C)c1c(-c2ccc(O)cc2)oc2ccccc2c1=O. The number of phenols is 1. The van der Waals surface area contributed by atoms with Gasteiger partial charge < -0.3 is 9.52 Å². The molecule has 1 heterocycles. The Morgan fingerprint density at radius 3 is 2.23 bits per heavy atom. The lowest BCUT2D eigenvalue weighted by Gasteiger charge is -2.21. The third-order valence-corrected chi connectivity index (χ3v) is 3.68. The molecule has 0 atom stereocenters. The Morgan fingerprint density at radius 2 is 1.59 bits per heavy atom. The number of fused-ring (bicyclic) bond motifs is 1. The van der Waals surface area contributed by atoms with E-state index in [1.165, 1.54) is 0 Å². The van der Waals surface area contributed by atoms with Crippen LogP contribution in [0.1, 0.15) is 26.3 Å². The van der Waals surface area contributed by atoms with Crippen LogP contribution in [-0.2, 0) is 5.41 Å². The van der Waals surface area contributed by atoms with Crippen LogP contribution in [0.15, 0.2) is 57.7 Å². The van der Waals surface area contributed by atoms with Gasteiger partial charge in [-0.3, -0.25) is 4.79 Å². The molecular formula is C19H18O3. The highest BCUT2D eigenvalue weighted by molar-refractivity contribution is 5.81. The van der Waals surface area contributed by atoms with Gasteiger partial charge in [0.05, 0.1) is 5.39 Å². The molecule has 1 N–H and O–H groups in total. The summed E-state index contributed by atoms with van der Waals surface area (Å²) in [5.74, 6) is 0.750. The minimum atomic E-state index is -0.349. The minimum Gasteiger partial charge on any atom is -0.508 e. The highest BCUT2D eigenvalue weighted by Crippen LogP contribution is 2.33. The smallest absolute Gasteiger partial charge is 0.197 e. The van der Waals surface area contributed by atoms with Crippen molar-refractivity contribution in [2.75, 3.05) is 0 Å².